The lowest BCUT2D eigenvalue weighted by molar-refractivity contribution is 0.446. The van der Waals surface area contributed by atoms with E-state index in [-0.39, 0.29) is 0 Å². The van der Waals surface area contributed by atoms with Crippen LogP contribution in [-0.2, 0) is 6.54 Å². The standard InChI is InChI=1S/C16H23N5/c1-3-9-21-15(6-8-18-21)14-10-12(2)19-16(20-14)13-5-4-7-17-11-13/h6,8,10,13,17H,3-5,7,9,11H2,1-2H3. The molecule has 2 aromatic heterocycles. The number of nitrogens with zero attached hydrogens (tertiary/aromatic N) is 4. The molecule has 1 unspecified atom stereocenters. The molecule has 1 atom stereocenters. The summed E-state index contributed by atoms with van der Waals surface area (Å²) in [5.74, 6) is 1.40. The van der Waals surface area contributed by atoms with Gasteiger partial charge in [-0.15, -0.1) is 0 Å². The maximum absolute atomic E-state index is 4.83. The Hall–Kier alpha value is -1.75. The van der Waals surface area contributed by atoms with Crippen molar-refractivity contribution in [2.45, 2.75) is 45.6 Å². The first-order chi connectivity index (χ1) is 10.3. The van der Waals surface area contributed by atoms with Gasteiger partial charge in [0.15, 0.2) is 0 Å². The Morgan fingerprint density at radius 1 is 1.38 bits per heavy atom. The van der Waals surface area contributed by atoms with Crippen molar-refractivity contribution in [3.8, 4) is 11.4 Å². The van der Waals surface area contributed by atoms with Gasteiger partial charge in [0.25, 0.3) is 0 Å². The summed E-state index contributed by atoms with van der Waals surface area (Å²) >= 11 is 0. The molecule has 1 N–H and O–H groups in total. The van der Waals surface area contributed by atoms with Gasteiger partial charge >= 0.3 is 0 Å². The third-order valence-electron chi connectivity index (χ3n) is 3.95. The van der Waals surface area contributed by atoms with Gasteiger partial charge in [0.05, 0.1) is 11.4 Å². The first-order valence-corrected chi connectivity index (χ1v) is 7.86. The minimum atomic E-state index is 0.431. The Labute approximate surface area is 125 Å². The second kappa shape index (κ2) is 6.35. The summed E-state index contributed by atoms with van der Waals surface area (Å²) in [7, 11) is 0. The lowest BCUT2D eigenvalue weighted by atomic mass is 9.98. The van der Waals surface area contributed by atoms with E-state index in [4.69, 9.17) is 4.98 Å². The Morgan fingerprint density at radius 3 is 3.05 bits per heavy atom. The molecule has 3 heterocycles. The molecule has 3 rings (SSSR count). The van der Waals surface area contributed by atoms with E-state index in [1.54, 1.807) is 0 Å². The van der Waals surface area contributed by atoms with E-state index in [0.717, 1.165) is 49.0 Å². The lowest BCUT2D eigenvalue weighted by Gasteiger charge is -2.22. The summed E-state index contributed by atoms with van der Waals surface area (Å²) in [6.07, 6.45) is 5.29. The van der Waals surface area contributed by atoms with Gasteiger partial charge < -0.3 is 5.32 Å². The van der Waals surface area contributed by atoms with Crippen LogP contribution < -0.4 is 5.32 Å². The molecule has 5 nitrogen and oxygen atoms in total. The Bertz CT molecular complexity index is 598. The van der Waals surface area contributed by atoms with Gasteiger partial charge in [-0.25, -0.2) is 9.97 Å². The summed E-state index contributed by atoms with van der Waals surface area (Å²) in [6, 6.07) is 4.10. The number of rotatable bonds is 4. The number of hydrogen-bond donors (Lipinski definition) is 1. The molecule has 21 heavy (non-hydrogen) atoms. The Balaban J connectivity index is 1.95. The summed E-state index contributed by atoms with van der Waals surface area (Å²) in [5.41, 5.74) is 3.12. The molecule has 0 aliphatic carbocycles. The monoisotopic (exact) mass is 285 g/mol. The average Bonchev–Trinajstić information content (AvgIpc) is 2.96. The summed E-state index contributed by atoms with van der Waals surface area (Å²) in [4.78, 5) is 9.49. The van der Waals surface area contributed by atoms with Gasteiger partial charge in [-0.3, -0.25) is 4.68 Å². The van der Waals surface area contributed by atoms with Crippen LogP contribution in [0.2, 0.25) is 0 Å². The molecule has 1 fully saturated rings. The summed E-state index contributed by atoms with van der Waals surface area (Å²) in [6.45, 7) is 7.22. The zero-order valence-corrected chi connectivity index (χ0v) is 12.8. The molecule has 0 aromatic carbocycles. The fourth-order valence-electron chi connectivity index (χ4n) is 2.92. The van der Waals surface area contributed by atoms with Crippen molar-refractivity contribution in [3.05, 3.63) is 29.8 Å². The van der Waals surface area contributed by atoms with Gasteiger partial charge in [-0.05, 0) is 44.9 Å². The molecule has 2 aromatic rings. The largest absolute Gasteiger partial charge is 0.316 e. The molecule has 1 aliphatic rings. The van der Waals surface area contributed by atoms with Crippen LogP contribution in [0.5, 0.6) is 0 Å². The van der Waals surface area contributed by atoms with Crippen LogP contribution in [0, 0.1) is 6.92 Å². The normalized spacial score (nSPS) is 18.9. The highest BCUT2D eigenvalue weighted by molar-refractivity contribution is 5.54. The smallest absolute Gasteiger partial charge is 0.133 e. The van der Waals surface area contributed by atoms with Crippen LogP contribution in [0.4, 0.5) is 0 Å². The van der Waals surface area contributed by atoms with Crippen LogP contribution >= 0.6 is 0 Å². The average molecular weight is 285 g/mol. The quantitative estimate of drug-likeness (QED) is 0.938. The molecule has 0 amide bonds. The Morgan fingerprint density at radius 2 is 2.29 bits per heavy atom. The number of hydrogen-bond acceptors (Lipinski definition) is 4. The summed E-state index contributed by atoms with van der Waals surface area (Å²) < 4.78 is 2.03. The van der Waals surface area contributed by atoms with E-state index < -0.39 is 0 Å². The number of piperidine rings is 1. The van der Waals surface area contributed by atoms with Crippen LogP contribution in [0.3, 0.4) is 0 Å². The minimum Gasteiger partial charge on any atom is -0.316 e. The molecule has 1 saturated heterocycles. The maximum Gasteiger partial charge on any atom is 0.133 e. The number of aryl methyl sites for hydroxylation is 2. The fourth-order valence-corrected chi connectivity index (χ4v) is 2.92. The highest BCUT2D eigenvalue weighted by Crippen LogP contribution is 2.24. The zero-order chi connectivity index (χ0) is 14.7. The molecule has 0 radical (unpaired) electrons. The van der Waals surface area contributed by atoms with Crippen LogP contribution in [-0.4, -0.2) is 32.8 Å². The van der Waals surface area contributed by atoms with E-state index in [1.165, 1.54) is 12.8 Å². The van der Waals surface area contributed by atoms with Crippen molar-refractivity contribution < 1.29 is 0 Å². The predicted molar refractivity (Wildman–Crippen MR) is 83.1 cm³/mol. The van der Waals surface area contributed by atoms with E-state index in [2.05, 4.69) is 28.4 Å². The highest BCUT2D eigenvalue weighted by atomic mass is 15.3. The molecule has 5 heteroatoms. The molecule has 0 saturated carbocycles. The SMILES string of the molecule is CCCn1nccc1-c1cc(C)nc(C2CCCNC2)n1. The zero-order valence-electron chi connectivity index (χ0n) is 12.8. The molecule has 1 aliphatic heterocycles. The first-order valence-electron chi connectivity index (χ1n) is 7.86. The lowest BCUT2D eigenvalue weighted by Crippen LogP contribution is -2.29. The van der Waals surface area contributed by atoms with E-state index in [1.807, 2.05) is 23.9 Å². The molecular weight excluding hydrogens is 262 g/mol. The van der Waals surface area contributed by atoms with Gasteiger partial charge in [-0.1, -0.05) is 6.92 Å². The topological polar surface area (TPSA) is 55.6 Å². The van der Waals surface area contributed by atoms with Gasteiger partial charge in [-0.2, -0.15) is 5.10 Å². The van der Waals surface area contributed by atoms with E-state index in [0.29, 0.717) is 5.92 Å². The Kier molecular flexibility index (Phi) is 4.29. The van der Waals surface area contributed by atoms with Crippen molar-refractivity contribution in [2.75, 3.05) is 13.1 Å². The minimum absolute atomic E-state index is 0.431. The van der Waals surface area contributed by atoms with Crippen molar-refractivity contribution in [3.63, 3.8) is 0 Å². The fraction of sp³-hybridized carbons (Fsp3) is 0.562. The molecule has 0 bridgehead atoms. The van der Waals surface area contributed by atoms with Crippen molar-refractivity contribution in [2.24, 2.45) is 0 Å². The van der Waals surface area contributed by atoms with Gasteiger partial charge in [0.2, 0.25) is 0 Å². The van der Waals surface area contributed by atoms with Crippen molar-refractivity contribution >= 4 is 0 Å². The van der Waals surface area contributed by atoms with Crippen LogP contribution in [0.15, 0.2) is 18.3 Å². The van der Waals surface area contributed by atoms with E-state index >= 15 is 0 Å². The van der Waals surface area contributed by atoms with Crippen molar-refractivity contribution in [1.82, 2.24) is 25.1 Å². The van der Waals surface area contributed by atoms with Gasteiger partial charge in [0, 0.05) is 30.9 Å². The highest BCUT2D eigenvalue weighted by Gasteiger charge is 2.19. The number of nitrogens with one attached hydrogen (secondary N) is 1. The van der Waals surface area contributed by atoms with Crippen LogP contribution in [0.25, 0.3) is 11.4 Å². The first kappa shape index (κ1) is 14.2. The molecule has 0 spiro atoms. The summed E-state index contributed by atoms with van der Waals surface area (Å²) in [5, 5.41) is 7.84. The molecular formula is C16H23N5. The maximum atomic E-state index is 4.83. The van der Waals surface area contributed by atoms with Crippen molar-refractivity contribution in [1.29, 1.82) is 0 Å². The predicted octanol–water partition coefficient (Wildman–Crippen LogP) is 2.53. The van der Waals surface area contributed by atoms with Crippen LogP contribution in [0.1, 0.15) is 43.6 Å². The third-order valence-corrected chi connectivity index (χ3v) is 3.95. The van der Waals surface area contributed by atoms with E-state index in [9.17, 15) is 0 Å². The second-order valence-corrected chi connectivity index (χ2v) is 5.74. The molecule has 112 valence electrons. The second-order valence-electron chi connectivity index (χ2n) is 5.74. The third kappa shape index (κ3) is 3.13. The number of aromatic nitrogens is 4. The van der Waals surface area contributed by atoms with Gasteiger partial charge in [0.1, 0.15) is 5.82 Å².